The smallest absolute Gasteiger partial charge is 0.274 e. The van der Waals surface area contributed by atoms with Gasteiger partial charge in [-0.05, 0) is 6.42 Å². The summed E-state index contributed by atoms with van der Waals surface area (Å²) < 4.78 is 22.7. The van der Waals surface area contributed by atoms with Gasteiger partial charge < -0.3 is 10.6 Å². The molecule has 0 saturated carbocycles. The molecule has 1 aliphatic heterocycles. The predicted octanol–water partition coefficient (Wildman–Crippen LogP) is -0.682. The van der Waals surface area contributed by atoms with Crippen molar-refractivity contribution in [1.82, 2.24) is 14.9 Å². The maximum Gasteiger partial charge on any atom is 0.274 e. The second kappa shape index (κ2) is 4.52. The van der Waals surface area contributed by atoms with Gasteiger partial charge in [-0.25, -0.2) is 13.4 Å². The molecule has 1 unspecified atom stereocenters. The van der Waals surface area contributed by atoms with Crippen LogP contribution in [-0.4, -0.2) is 53.8 Å². The third-order valence-electron chi connectivity index (χ3n) is 2.95. The number of aromatic nitrogens is 2. The summed E-state index contributed by atoms with van der Waals surface area (Å²) in [5.41, 5.74) is 5.58. The highest BCUT2D eigenvalue weighted by Gasteiger charge is 2.33. The minimum Gasteiger partial charge on any atom is -0.382 e. The van der Waals surface area contributed by atoms with E-state index in [2.05, 4.69) is 9.97 Å². The molecule has 0 aliphatic carbocycles. The van der Waals surface area contributed by atoms with Gasteiger partial charge in [-0.3, -0.25) is 9.78 Å². The lowest BCUT2D eigenvalue weighted by Gasteiger charge is -2.22. The zero-order valence-corrected chi connectivity index (χ0v) is 10.7. The van der Waals surface area contributed by atoms with E-state index in [1.165, 1.54) is 17.3 Å². The molecule has 98 valence electrons. The van der Waals surface area contributed by atoms with Crippen LogP contribution in [0, 0.1) is 0 Å². The van der Waals surface area contributed by atoms with Crippen LogP contribution in [0.5, 0.6) is 0 Å². The number of nitrogen functional groups attached to an aromatic ring is 1. The Hall–Kier alpha value is -1.70. The molecule has 8 heteroatoms. The monoisotopic (exact) mass is 270 g/mol. The highest BCUT2D eigenvalue weighted by Crippen LogP contribution is 2.18. The van der Waals surface area contributed by atoms with E-state index in [1.54, 1.807) is 7.05 Å². The van der Waals surface area contributed by atoms with E-state index in [9.17, 15) is 13.2 Å². The summed E-state index contributed by atoms with van der Waals surface area (Å²) in [6, 6.07) is -0.300. The van der Waals surface area contributed by atoms with Crippen molar-refractivity contribution in [2.75, 3.05) is 24.3 Å². The lowest BCUT2D eigenvalue weighted by atomic mass is 10.2. The molecule has 0 bridgehead atoms. The summed E-state index contributed by atoms with van der Waals surface area (Å²) >= 11 is 0. The molecular weight excluding hydrogens is 256 g/mol. The molecule has 1 atom stereocenters. The van der Waals surface area contributed by atoms with E-state index in [1.807, 2.05) is 0 Å². The number of sulfone groups is 1. The quantitative estimate of drug-likeness (QED) is 0.763. The number of rotatable bonds is 2. The van der Waals surface area contributed by atoms with Crippen LogP contribution in [0.3, 0.4) is 0 Å². The molecule has 1 fully saturated rings. The van der Waals surface area contributed by atoms with E-state index in [0.717, 1.165) is 0 Å². The SMILES string of the molecule is CN(C(=O)c1cncc(N)n1)C1CCS(=O)(=O)C1. The highest BCUT2D eigenvalue weighted by atomic mass is 32.2. The fourth-order valence-corrected chi connectivity index (χ4v) is 3.69. The summed E-state index contributed by atoms with van der Waals surface area (Å²) in [6.45, 7) is 0. The van der Waals surface area contributed by atoms with Crippen LogP contribution < -0.4 is 5.73 Å². The normalized spacial score (nSPS) is 21.7. The van der Waals surface area contributed by atoms with Crippen molar-refractivity contribution in [2.24, 2.45) is 0 Å². The van der Waals surface area contributed by atoms with Crippen molar-refractivity contribution >= 4 is 21.6 Å². The first-order valence-electron chi connectivity index (χ1n) is 5.44. The first-order chi connectivity index (χ1) is 8.39. The zero-order chi connectivity index (χ0) is 13.3. The lowest BCUT2D eigenvalue weighted by molar-refractivity contribution is 0.0741. The Morgan fingerprint density at radius 1 is 1.50 bits per heavy atom. The van der Waals surface area contributed by atoms with Crippen molar-refractivity contribution in [1.29, 1.82) is 0 Å². The van der Waals surface area contributed by atoms with Gasteiger partial charge in [0.25, 0.3) is 5.91 Å². The van der Waals surface area contributed by atoms with E-state index < -0.39 is 9.84 Å². The Morgan fingerprint density at radius 2 is 2.22 bits per heavy atom. The number of carbonyl (C=O) groups excluding carboxylic acids is 1. The number of nitrogens with two attached hydrogens (primary N) is 1. The molecule has 0 spiro atoms. The number of hydrogen-bond acceptors (Lipinski definition) is 6. The Labute approximate surface area is 105 Å². The molecule has 18 heavy (non-hydrogen) atoms. The number of anilines is 1. The van der Waals surface area contributed by atoms with Crippen molar-refractivity contribution in [2.45, 2.75) is 12.5 Å². The predicted molar refractivity (Wildman–Crippen MR) is 65.6 cm³/mol. The maximum absolute atomic E-state index is 12.1. The number of carbonyl (C=O) groups is 1. The fraction of sp³-hybridized carbons (Fsp3) is 0.500. The van der Waals surface area contributed by atoms with E-state index in [-0.39, 0.29) is 35.0 Å². The van der Waals surface area contributed by atoms with E-state index in [4.69, 9.17) is 5.73 Å². The summed E-state index contributed by atoms with van der Waals surface area (Å²) in [7, 11) is -1.45. The first-order valence-corrected chi connectivity index (χ1v) is 7.26. The van der Waals surface area contributed by atoms with E-state index in [0.29, 0.717) is 6.42 Å². The van der Waals surface area contributed by atoms with Crippen LogP contribution in [0.1, 0.15) is 16.9 Å². The average Bonchev–Trinajstić information content (AvgIpc) is 2.68. The minimum absolute atomic E-state index is 0.00494. The molecule has 1 saturated heterocycles. The molecule has 1 aromatic heterocycles. The van der Waals surface area contributed by atoms with Crippen molar-refractivity contribution in [3.05, 3.63) is 18.1 Å². The number of amides is 1. The molecule has 1 amide bonds. The third kappa shape index (κ3) is 2.58. The van der Waals surface area contributed by atoms with Gasteiger partial charge >= 0.3 is 0 Å². The number of hydrogen-bond donors (Lipinski definition) is 1. The maximum atomic E-state index is 12.1. The van der Waals surface area contributed by atoms with Gasteiger partial charge in [-0.15, -0.1) is 0 Å². The standard InChI is InChI=1S/C10H14N4O3S/c1-14(7-2-3-18(16,17)6-7)10(15)8-4-12-5-9(11)13-8/h4-5,7H,2-3,6H2,1H3,(H2,11,13). The zero-order valence-electron chi connectivity index (χ0n) is 9.91. The van der Waals surface area contributed by atoms with Crippen LogP contribution in [0.25, 0.3) is 0 Å². The highest BCUT2D eigenvalue weighted by molar-refractivity contribution is 7.91. The largest absolute Gasteiger partial charge is 0.382 e. The van der Waals surface area contributed by atoms with Crippen LogP contribution in [0.2, 0.25) is 0 Å². The molecule has 2 N–H and O–H groups in total. The summed E-state index contributed by atoms with van der Waals surface area (Å²) in [6.07, 6.45) is 3.12. The van der Waals surface area contributed by atoms with E-state index >= 15 is 0 Å². The van der Waals surface area contributed by atoms with Gasteiger partial charge in [0.2, 0.25) is 0 Å². The van der Waals surface area contributed by atoms with Gasteiger partial charge in [0.15, 0.2) is 9.84 Å². The topological polar surface area (TPSA) is 106 Å². The van der Waals surface area contributed by atoms with Crippen molar-refractivity contribution in [3.8, 4) is 0 Å². The molecule has 2 rings (SSSR count). The Morgan fingerprint density at radius 3 is 2.78 bits per heavy atom. The fourth-order valence-electron chi connectivity index (χ4n) is 1.91. The Bertz CT molecular complexity index is 572. The third-order valence-corrected chi connectivity index (χ3v) is 4.70. The van der Waals surface area contributed by atoms with Crippen LogP contribution >= 0.6 is 0 Å². The van der Waals surface area contributed by atoms with Crippen molar-refractivity contribution in [3.63, 3.8) is 0 Å². The molecule has 2 heterocycles. The van der Waals surface area contributed by atoms with Gasteiger partial charge in [0.05, 0.1) is 23.9 Å². The minimum atomic E-state index is -3.02. The number of nitrogens with zero attached hydrogens (tertiary/aromatic N) is 3. The Balaban J connectivity index is 2.15. The molecule has 7 nitrogen and oxygen atoms in total. The second-order valence-corrected chi connectivity index (χ2v) is 6.53. The van der Waals surface area contributed by atoms with Gasteiger partial charge in [0, 0.05) is 13.1 Å². The first kappa shape index (κ1) is 12.7. The lowest BCUT2D eigenvalue weighted by Crippen LogP contribution is -2.38. The van der Waals surface area contributed by atoms with Crippen LogP contribution in [0.15, 0.2) is 12.4 Å². The molecule has 0 aromatic carbocycles. The molecule has 1 aliphatic rings. The average molecular weight is 270 g/mol. The molecular formula is C10H14N4O3S. The van der Waals surface area contributed by atoms with Gasteiger partial charge in [0.1, 0.15) is 11.5 Å². The van der Waals surface area contributed by atoms with Crippen LogP contribution in [0.4, 0.5) is 5.82 Å². The summed E-state index contributed by atoms with van der Waals surface area (Å²) in [5.74, 6) is -0.0757. The second-order valence-electron chi connectivity index (χ2n) is 4.30. The molecule has 0 radical (unpaired) electrons. The van der Waals surface area contributed by atoms with Crippen molar-refractivity contribution < 1.29 is 13.2 Å². The summed E-state index contributed by atoms with van der Waals surface area (Å²) in [5, 5.41) is 0. The summed E-state index contributed by atoms with van der Waals surface area (Å²) in [4.78, 5) is 21.1. The van der Waals surface area contributed by atoms with Gasteiger partial charge in [-0.2, -0.15) is 0 Å². The molecule has 1 aromatic rings. The van der Waals surface area contributed by atoms with Gasteiger partial charge in [-0.1, -0.05) is 0 Å². The Kier molecular flexibility index (Phi) is 3.20. The van der Waals surface area contributed by atoms with Crippen LogP contribution in [-0.2, 0) is 9.84 Å².